The summed E-state index contributed by atoms with van der Waals surface area (Å²) < 4.78 is 4.89. The summed E-state index contributed by atoms with van der Waals surface area (Å²) in [5, 5.41) is 8.80. The lowest BCUT2D eigenvalue weighted by atomic mass is 10.1. The zero-order chi connectivity index (χ0) is 13.5. The van der Waals surface area contributed by atoms with E-state index in [9.17, 15) is 4.79 Å². The fourth-order valence-electron chi connectivity index (χ4n) is 1.77. The third-order valence-corrected chi connectivity index (χ3v) is 2.69. The van der Waals surface area contributed by atoms with Crippen molar-refractivity contribution >= 4 is 11.7 Å². The second-order valence-corrected chi connectivity index (χ2v) is 4.09. The highest BCUT2D eigenvalue weighted by atomic mass is 16.5. The largest absolute Gasteiger partial charge is 0.466 e. The van der Waals surface area contributed by atoms with Crippen LogP contribution in [0, 0.1) is 18.3 Å². The van der Waals surface area contributed by atoms with Gasteiger partial charge in [-0.25, -0.2) is 0 Å². The van der Waals surface area contributed by atoms with E-state index in [-0.39, 0.29) is 5.97 Å². The molecule has 0 atom stereocenters. The van der Waals surface area contributed by atoms with Crippen LogP contribution < -0.4 is 4.90 Å². The van der Waals surface area contributed by atoms with Gasteiger partial charge in [0.2, 0.25) is 0 Å². The molecule has 4 heteroatoms. The molecule has 1 aromatic rings. The lowest BCUT2D eigenvalue weighted by molar-refractivity contribution is -0.142. The Hall–Kier alpha value is -2.02. The summed E-state index contributed by atoms with van der Waals surface area (Å²) in [6.07, 6.45) is 0.365. The lowest BCUT2D eigenvalue weighted by Gasteiger charge is -2.21. The van der Waals surface area contributed by atoms with E-state index < -0.39 is 0 Å². The van der Waals surface area contributed by atoms with Crippen molar-refractivity contribution in [2.45, 2.75) is 20.3 Å². The Morgan fingerprint density at radius 3 is 2.78 bits per heavy atom. The summed E-state index contributed by atoms with van der Waals surface area (Å²) in [4.78, 5) is 13.3. The topological polar surface area (TPSA) is 53.3 Å². The third kappa shape index (κ3) is 3.77. The lowest BCUT2D eigenvalue weighted by Crippen LogP contribution is -2.22. The van der Waals surface area contributed by atoms with Crippen LogP contribution in [0.15, 0.2) is 18.2 Å². The Kier molecular flexibility index (Phi) is 5.19. The quantitative estimate of drug-likeness (QED) is 0.748. The minimum Gasteiger partial charge on any atom is -0.466 e. The molecule has 18 heavy (non-hydrogen) atoms. The van der Waals surface area contributed by atoms with Crippen molar-refractivity contribution in [1.82, 2.24) is 0 Å². The normalized spacial score (nSPS) is 9.67. The molecule has 0 N–H and O–H groups in total. The van der Waals surface area contributed by atoms with E-state index in [4.69, 9.17) is 10.00 Å². The van der Waals surface area contributed by atoms with Gasteiger partial charge in [0.1, 0.15) is 0 Å². The number of esters is 1. The summed E-state index contributed by atoms with van der Waals surface area (Å²) in [7, 11) is 1.92. The van der Waals surface area contributed by atoms with Gasteiger partial charge in [0.05, 0.1) is 24.7 Å². The van der Waals surface area contributed by atoms with Gasteiger partial charge in [-0.15, -0.1) is 0 Å². The molecule has 0 unspecified atom stereocenters. The van der Waals surface area contributed by atoms with Gasteiger partial charge in [0.15, 0.2) is 0 Å². The van der Waals surface area contributed by atoms with E-state index in [1.807, 2.05) is 31.0 Å². The molecule has 0 fully saturated rings. The summed E-state index contributed by atoms with van der Waals surface area (Å²) in [5.41, 5.74) is 2.70. The molecule has 1 aromatic carbocycles. The fraction of sp³-hybridized carbons (Fsp3) is 0.429. The van der Waals surface area contributed by atoms with E-state index >= 15 is 0 Å². The van der Waals surface area contributed by atoms with E-state index in [0.29, 0.717) is 25.1 Å². The summed E-state index contributed by atoms with van der Waals surface area (Å²) in [6.45, 7) is 4.77. The number of nitrogens with zero attached hydrogens (tertiary/aromatic N) is 2. The molecule has 0 aliphatic carbocycles. The van der Waals surface area contributed by atoms with Gasteiger partial charge in [-0.05, 0) is 37.6 Å². The standard InChI is InChI=1S/C14H18N2O2/c1-4-18-14(17)7-8-16(3)13-6-5-12(10-15)9-11(13)2/h5-6,9H,4,7-8H2,1-3H3. The molecule has 0 spiro atoms. The first kappa shape index (κ1) is 14.0. The molecular formula is C14H18N2O2. The molecule has 1 rings (SSSR count). The molecule has 0 amide bonds. The Balaban J connectivity index is 2.64. The van der Waals surface area contributed by atoms with Crippen molar-refractivity contribution in [3.05, 3.63) is 29.3 Å². The highest BCUT2D eigenvalue weighted by Gasteiger charge is 2.08. The molecule has 96 valence electrons. The number of anilines is 1. The highest BCUT2D eigenvalue weighted by molar-refractivity contribution is 5.70. The first-order valence-electron chi connectivity index (χ1n) is 5.96. The van der Waals surface area contributed by atoms with Crippen LogP contribution in [0.1, 0.15) is 24.5 Å². The number of benzene rings is 1. The number of carbonyl (C=O) groups excluding carboxylic acids is 1. The molecule has 0 radical (unpaired) electrons. The van der Waals surface area contributed by atoms with Crippen LogP contribution in [0.25, 0.3) is 0 Å². The Morgan fingerprint density at radius 2 is 2.22 bits per heavy atom. The van der Waals surface area contributed by atoms with Gasteiger partial charge in [0, 0.05) is 19.3 Å². The van der Waals surface area contributed by atoms with Gasteiger partial charge in [-0.1, -0.05) is 0 Å². The second kappa shape index (κ2) is 6.65. The smallest absolute Gasteiger partial charge is 0.307 e. The Labute approximate surface area is 108 Å². The fourth-order valence-corrected chi connectivity index (χ4v) is 1.77. The Morgan fingerprint density at radius 1 is 1.50 bits per heavy atom. The summed E-state index contributed by atoms with van der Waals surface area (Å²) >= 11 is 0. The van der Waals surface area contributed by atoms with Crippen LogP contribution >= 0.6 is 0 Å². The van der Waals surface area contributed by atoms with Gasteiger partial charge >= 0.3 is 5.97 Å². The SMILES string of the molecule is CCOC(=O)CCN(C)c1ccc(C#N)cc1C. The number of ether oxygens (including phenoxy) is 1. The average Bonchev–Trinajstić information content (AvgIpc) is 2.36. The highest BCUT2D eigenvalue weighted by Crippen LogP contribution is 2.20. The molecule has 0 bridgehead atoms. The third-order valence-electron chi connectivity index (χ3n) is 2.69. The maximum atomic E-state index is 11.3. The number of hydrogen-bond acceptors (Lipinski definition) is 4. The van der Waals surface area contributed by atoms with E-state index in [1.54, 1.807) is 13.0 Å². The van der Waals surface area contributed by atoms with Crippen LogP contribution in [0.4, 0.5) is 5.69 Å². The van der Waals surface area contributed by atoms with Gasteiger partial charge in [0.25, 0.3) is 0 Å². The van der Waals surface area contributed by atoms with Gasteiger partial charge in [-0.3, -0.25) is 4.79 Å². The van der Waals surface area contributed by atoms with Crippen LogP contribution in [-0.2, 0) is 9.53 Å². The monoisotopic (exact) mass is 246 g/mol. The van der Waals surface area contributed by atoms with Gasteiger partial charge in [-0.2, -0.15) is 5.26 Å². The molecular weight excluding hydrogens is 228 g/mol. The van der Waals surface area contributed by atoms with Crippen LogP contribution in [0.3, 0.4) is 0 Å². The number of aryl methyl sites for hydroxylation is 1. The summed E-state index contributed by atoms with van der Waals surface area (Å²) in [5.74, 6) is -0.185. The molecule has 0 heterocycles. The van der Waals surface area contributed by atoms with Crippen LogP contribution in [-0.4, -0.2) is 26.2 Å². The van der Waals surface area contributed by atoms with Crippen LogP contribution in [0.2, 0.25) is 0 Å². The minimum absolute atomic E-state index is 0.185. The first-order valence-corrected chi connectivity index (χ1v) is 5.96. The van der Waals surface area contributed by atoms with E-state index in [1.165, 1.54) is 0 Å². The van der Waals surface area contributed by atoms with Crippen molar-refractivity contribution in [3.63, 3.8) is 0 Å². The second-order valence-electron chi connectivity index (χ2n) is 4.09. The minimum atomic E-state index is -0.185. The molecule has 0 aromatic heterocycles. The molecule has 4 nitrogen and oxygen atoms in total. The number of carbonyl (C=O) groups is 1. The number of rotatable bonds is 5. The Bertz CT molecular complexity index is 463. The maximum absolute atomic E-state index is 11.3. The number of hydrogen-bond donors (Lipinski definition) is 0. The van der Waals surface area contributed by atoms with Crippen molar-refractivity contribution in [2.75, 3.05) is 25.1 Å². The zero-order valence-electron chi connectivity index (χ0n) is 11.1. The van der Waals surface area contributed by atoms with Crippen molar-refractivity contribution < 1.29 is 9.53 Å². The predicted octanol–water partition coefficient (Wildman–Crippen LogP) is 2.26. The molecule has 0 saturated heterocycles. The van der Waals surface area contributed by atoms with Crippen LogP contribution in [0.5, 0.6) is 0 Å². The van der Waals surface area contributed by atoms with Crippen molar-refractivity contribution in [1.29, 1.82) is 5.26 Å². The molecule has 0 saturated carbocycles. The van der Waals surface area contributed by atoms with Crippen molar-refractivity contribution in [2.24, 2.45) is 0 Å². The van der Waals surface area contributed by atoms with Gasteiger partial charge < -0.3 is 9.64 Å². The average molecular weight is 246 g/mol. The molecule has 0 aliphatic rings. The van der Waals surface area contributed by atoms with Crippen molar-refractivity contribution in [3.8, 4) is 6.07 Å². The first-order chi connectivity index (χ1) is 8.58. The maximum Gasteiger partial charge on any atom is 0.307 e. The number of nitriles is 1. The van der Waals surface area contributed by atoms with E-state index in [0.717, 1.165) is 11.3 Å². The van der Waals surface area contributed by atoms with E-state index in [2.05, 4.69) is 6.07 Å². The molecule has 0 aliphatic heterocycles. The summed E-state index contributed by atoms with van der Waals surface area (Å²) in [6, 6.07) is 7.63. The zero-order valence-corrected chi connectivity index (χ0v) is 11.1. The predicted molar refractivity (Wildman–Crippen MR) is 70.4 cm³/mol.